The van der Waals surface area contributed by atoms with Crippen molar-refractivity contribution in [2.45, 2.75) is 106 Å². The zero-order valence-corrected chi connectivity index (χ0v) is 29.4. The highest BCUT2D eigenvalue weighted by molar-refractivity contribution is 7.10. The second-order valence-corrected chi connectivity index (χ2v) is 14.5. The molecule has 0 N–H and O–H groups in total. The summed E-state index contributed by atoms with van der Waals surface area (Å²) in [6.45, 7) is 21.5. The van der Waals surface area contributed by atoms with Crippen LogP contribution in [0.5, 0.6) is 0 Å². The van der Waals surface area contributed by atoms with E-state index in [1.54, 1.807) is 62.2 Å². The SMILES string of the molecule is C.CC(C)c1cncs1.CC(C)c1cscn1.CC(C)c1nccs1.CC(C)c1nccs1.CC(C)c1nncs1. The van der Waals surface area contributed by atoms with E-state index in [1.165, 1.54) is 20.6 Å². The maximum absolute atomic E-state index is 4.13. The Labute approximate surface area is 268 Å². The van der Waals surface area contributed by atoms with Crippen LogP contribution in [0, 0.1) is 0 Å². The van der Waals surface area contributed by atoms with Crippen LogP contribution in [0.1, 0.15) is 132 Å². The van der Waals surface area contributed by atoms with Gasteiger partial charge in [-0.25, -0.2) is 15.0 Å². The fourth-order valence-corrected chi connectivity index (χ4v) is 5.72. The summed E-state index contributed by atoms with van der Waals surface area (Å²) in [6, 6.07) is 0. The Kier molecular flexibility index (Phi) is 21.6. The fourth-order valence-electron chi connectivity index (χ4n) is 2.49. The Bertz CT molecular complexity index is 943. The molecule has 0 saturated heterocycles. The van der Waals surface area contributed by atoms with Gasteiger partial charge in [0.15, 0.2) is 0 Å². The highest BCUT2D eigenvalue weighted by atomic mass is 32.1. The lowest BCUT2D eigenvalue weighted by Crippen LogP contribution is -1.83. The summed E-state index contributed by atoms with van der Waals surface area (Å²) < 4.78 is 0. The van der Waals surface area contributed by atoms with Gasteiger partial charge in [-0.2, -0.15) is 0 Å². The second-order valence-electron chi connectivity index (χ2n) is 10.1. The molecule has 0 spiro atoms. The van der Waals surface area contributed by atoms with Crippen LogP contribution in [-0.4, -0.2) is 30.1 Å². The molecular formula is C30H48N6S5. The van der Waals surface area contributed by atoms with Gasteiger partial charge in [0.05, 0.1) is 26.7 Å². The van der Waals surface area contributed by atoms with Crippen molar-refractivity contribution in [2.75, 3.05) is 0 Å². The monoisotopic (exact) mass is 652 g/mol. The van der Waals surface area contributed by atoms with Gasteiger partial charge in [-0.3, -0.25) is 4.98 Å². The molecule has 5 rings (SSSR count). The van der Waals surface area contributed by atoms with Crippen LogP contribution in [-0.2, 0) is 0 Å². The molecule has 228 valence electrons. The summed E-state index contributed by atoms with van der Waals surface area (Å²) in [4.78, 5) is 17.7. The molecule has 0 fully saturated rings. The van der Waals surface area contributed by atoms with E-state index in [0.29, 0.717) is 29.6 Å². The zero-order chi connectivity index (χ0) is 29.9. The average Bonchev–Trinajstić information content (AvgIpc) is 3.74. The van der Waals surface area contributed by atoms with E-state index in [1.807, 2.05) is 40.4 Å². The molecular weight excluding hydrogens is 605 g/mol. The molecule has 11 heteroatoms. The topological polar surface area (TPSA) is 77.3 Å². The van der Waals surface area contributed by atoms with Crippen LogP contribution < -0.4 is 0 Å². The Morgan fingerprint density at radius 3 is 1.32 bits per heavy atom. The molecule has 6 nitrogen and oxygen atoms in total. The van der Waals surface area contributed by atoms with Gasteiger partial charge in [0.25, 0.3) is 0 Å². The minimum atomic E-state index is 0. The van der Waals surface area contributed by atoms with Gasteiger partial charge in [-0.05, 0) is 11.8 Å². The number of rotatable bonds is 5. The first-order chi connectivity index (χ1) is 19.0. The highest BCUT2D eigenvalue weighted by Gasteiger charge is 2.00. The standard InChI is InChI=1S/4C6H9NS.C5H8N2S.CH4/c1-5(2)6-3-8-4-7-6;1-5(2)6-3-7-4-8-6;2*1-5(2)6-7-3-4-8-6;1-4(2)5-7-6-3-8-5;/h4*3-5H,1-2H3;3-4H,1-2H3;1H4. The summed E-state index contributed by atoms with van der Waals surface area (Å²) in [5, 5.41) is 17.3. The molecule has 0 bridgehead atoms. The number of hydrogen-bond donors (Lipinski definition) is 0. The second kappa shape index (κ2) is 22.6. The third-order valence-corrected chi connectivity index (χ3v) is 9.65. The van der Waals surface area contributed by atoms with Gasteiger partial charge in [-0.1, -0.05) is 76.7 Å². The van der Waals surface area contributed by atoms with Gasteiger partial charge in [0.2, 0.25) is 0 Å². The Balaban J connectivity index is 0.000000485. The number of nitrogens with zero attached hydrogens (tertiary/aromatic N) is 6. The van der Waals surface area contributed by atoms with Crippen LogP contribution >= 0.6 is 56.7 Å². The normalized spacial score (nSPS) is 10.1. The van der Waals surface area contributed by atoms with Gasteiger partial charge in [-0.15, -0.1) is 66.9 Å². The van der Waals surface area contributed by atoms with Crippen LogP contribution in [0.15, 0.2) is 51.3 Å². The van der Waals surface area contributed by atoms with Crippen molar-refractivity contribution < 1.29 is 0 Å². The molecule has 0 aliphatic carbocycles. The van der Waals surface area contributed by atoms with Crippen molar-refractivity contribution >= 4 is 56.7 Å². The maximum Gasteiger partial charge on any atom is 0.119 e. The third-order valence-electron chi connectivity index (χ3n) is 4.82. The fraction of sp³-hybridized carbons (Fsp3) is 0.533. The van der Waals surface area contributed by atoms with Crippen LogP contribution in [0.2, 0.25) is 0 Å². The molecule has 0 saturated carbocycles. The van der Waals surface area contributed by atoms with Gasteiger partial charge >= 0.3 is 0 Å². The van der Waals surface area contributed by atoms with Crippen molar-refractivity contribution in [3.63, 3.8) is 0 Å². The molecule has 0 unspecified atom stereocenters. The first kappa shape index (κ1) is 39.1. The molecule has 0 aliphatic rings. The van der Waals surface area contributed by atoms with Gasteiger partial charge in [0, 0.05) is 57.4 Å². The summed E-state index contributed by atoms with van der Waals surface area (Å²) >= 11 is 8.43. The number of hydrogen-bond acceptors (Lipinski definition) is 11. The first-order valence-electron chi connectivity index (χ1n) is 13.3. The molecule has 5 heterocycles. The van der Waals surface area contributed by atoms with E-state index in [-0.39, 0.29) is 7.43 Å². The van der Waals surface area contributed by atoms with E-state index in [2.05, 4.69) is 105 Å². The van der Waals surface area contributed by atoms with Crippen LogP contribution in [0.25, 0.3) is 0 Å². The van der Waals surface area contributed by atoms with E-state index in [0.717, 1.165) is 5.01 Å². The third kappa shape index (κ3) is 17.6. The molecule has 5 aromatic heterocycles. The highest BCUT2D eigenvalue weighted by Crippen LogP contribution is 2.18. The molecule has 0 atom stereocenters. The molecule has 0 aliphatic heterocycles. The Morgan fingerprint density at radius 1 is 0.561 bits per heavy atom. The molecule has 5 aromatic rings. The van der Waals surface area contributed by atoms with E-state index in [4.69, 9.17) is 0 Å². The maximum atomic E-state index is 4.13. The number of thiazole rings is 4. The lowest BCUT2D eigenvalue weighted by atomic mass is 10.2. The smallest absolute Gasteiger partial charge is 0.119 e. The predicted molar refractivity (Wildman–Crippen MR) is 186 cm³/mol. The van der Waals surface area contributed by atoms with Crippen molar-refractivity contribution in [3.8, 4) is 0 Å². The van der Waals surface area contributed by atoms with Crippen molar-refractivity contribution in [1.82, 2.24) is 30.1 Å². The van der Waals surface area contributed by atoms with Gasteiger partial charge < -0.3 is 0 Å². The van der Waals surface area contributed by atoms with Gasteiger partial charge in [0.1, 0.15) is 10.5 Å². The minimum Gasteiger partial charge on any atom is -0.253 e. The lowest BCUT2D eigenvalue weighted by Gasteiger charge is -1.94. The minimum absolute atomic E-state index is 0. The van der Waals surface area contributed by atoms with E-state index >= 15 is 0 Å². The Hall–Kier alpha value is -1.92. The quantitative estimate of drug-likeness (QED) is 0.188. The Morgan fingerprint density at radius 2 is 1.12 bits per heavy atom. The summed E-state index contributed by atoms with van der Waals surface area (Å²) in [5.41, 5.74) is 6.70. The average molecular weight is 653 g/mol. The van der Waals surface area contributed by atoms with Crippen LogP contribution in [0.4, 0.5) is 0 Å². The summed E-state index contributed by atoms with van der Waals surface area (Å²) in [5.74, 6) is 2.94. The van der Waals surface area contributed by atoms with E-state index in [9.17, 15) is 0 Å². The van der Waals surface area contributed by atoms with Crippen molar-refractivity contribution in [3.05, 3.63) is 76.9 Å². The lowest BCUT2D eigenvalue weighted by molar-refractivity contribution is 0.825. The molecule has 0 aromatic carbocycles. The molecule has 0 amide bonds. The summed E-state index contributed by atoms with van der Waals surface area (Å²) in [7, 11) is 0. The predicted octanol–water partition coefficient (Wildman–Crippen LogP) is 11.4. The van der Waals surface area contributed by atoms with Crippen LogP contribution in [0.3, 0.4) is 0 Å². The largest absolute Gasteiger partial charge is 0.253 e. The van der Waals surface area contributed by atoms with Crippen molar-refractivity contribution in [1.29, 1.82) is 0 Å². The molecule has 0 radical (unpaired) electrons. The zero-order valence-electron chi connectivity index (χ0n) is 25.3. The van der Waals surface area contributed by atoms with E-state index < -0.39 is 0 Å². The van der Waals surface area contributed by atoms with Crippen molar-refractivity contribution in [2.24, 2.45) is 0 Å². The number of aromatic nitrogens is 6. The first-order valence-corrected chi connectivity index (χ1v) is 17.8. The summed E-state index contributed by atoms with van der Waals surface area (Å²) in [6.07, 6.45) is 5.62. The molecule has 41 heavy (non-hydrogen) atoms.